The van der Waals surface area contributed by atoms with Crippen LogP contribution >= 0.6 is 0 Å². The summed E-state index contributed by atoms with van der Waals surface area (Å²) >= 11 is 0. The zero-order valence-corrected chi connectivity index (χ0v) is 20.2. The van der Waals surface area contributed by atoms with E-state index in [1.54, 1.807) is 0 Å². The van der Waals surface area contributed by atoms with Gasteiger partial charge in [0, 0.05) is 32.7 Å². The molecule has 1 heterocycles. The highest BCUT2D eigenvalue weighted by molar-refractivity contribution is 5.80. The minimum Gasteiger partial charge on any atom is -0.390 e. The summed E-state index contributed by atoms with van der Waals surface area (Å²) in [5, 5.41) is 10.6. The van der Waals surface area contributed by atoms with Crippen LogP contribution in [0.25, 0.3) is 0 Å². The molecule has 4 nitrogen and oxygen atoms in total. The molecule has 4 aliphatic carbocycles. The fourth-order valence-corrected chi connectivity index (χ4v) is 9.16. The topological polar surface area (TPSA) is 49.8 Å². The summed E-state index contributed by atoms with van der Waals surface area (Å²) in [5.74, 6) is 5.24. The molecule has 5 aliphatic rings. The predicted molar refractivity (Wildman–Crippen MR) is 122 cm³/mol. The fraction of sp³-hybridized carbons (Fsp3) is 0.963. The molecule has 0 aromatic rings. The van der Waals surface area contributed by atoms with Gasteiger partial charge in [-0.3, -0.25) is 4.79 Å². The van der Waals surface area contributed by atoms with Crippen LogP contribution in [0.4, 0.5) is 0 Å². The maximum atomic E-state index is 13.6. The first kappa shape index (κ1) is 22.2. The van der Waals surface area contributed by atoms with E-state index in [4.69, 9.17) is 4.74 Å². The molecule has 4 heteroatoms. The molecular weight excluding hydrogens is 386 g/mol. The second kappa shape index (κ2) is 8.31. The van der Waals surface area contributed by atoms with Gasteiger partial charge in [-0.25, -0.2) is 0 Å². The van der Waals surface area contributed by atoms with Gasteiger partial charge in [-0.15, -0.1) is 0 Å². The van der Waals surface area contributed by atoms with E-state index in [-0.39, 0.29) is 11.3 Å². The first-order chi connectivity index (χ1) is 14.8. The van der Waals surface area contributed by atoms with Crippen LogP contribution in [0.3, 0.4) is 0 Å². The zero-order valence-electron chi connectivity index (χ0n) is 20.2. The number of rotatable bonds is 3. The van der Waals surface area contributed by atoms with E-state index in [1.165, 1.54) is 38.5 Å². The summed E-state index contributed by atoms with van der Waals surface area (Å²) < 4.78 is 5.51. The Morgan fingerprint density at radius 2 is 1.68 bits per heavy atom. The average Bonchev–Trinajstić information content (AvgIpc) is 3.10. The van der Waals surface area contributed by atoms with Gasteiger partial charge in [0.1, 0.15) is 0 Å². The molecule has 8 atom stereocenters. The Hall–Kier alpha value is -0.610. The highest BCUT2D eigenvalue weighted by atomic mass is 16.5. The number of hydrogen-bond donors (Lipinski definition) is 1. The number of aliphatic hydroxyl groups is 1. The average molecular weight is 432 g/mol. The van der Waals surface area contributed by atoms with E-state index < -0.39 is 5.60 Å². The van der Waals surface area contributed by atoms with Crippen LogP contribution in [0.1, 0.15) is 84.5 Å². The normalized spacial score (nSPS) is 47.9. The smallest absolute Gasteiger partial charge is 0.225 e. The fourth-order valence-electron chi connectivity index (χ4n) is 9.16. The molecule has 176 valence electrons. The Morgan fingerprint density at radius 3 is 2.45 bits per heavy atom. The van der Waals surface area contributed by atoms with Crippen molar-refractivity contribution in [2.45, 2.75) is 90.1 Å². The Labute approximate surface area is 189 Å². The van der Waals surface area contributed by atoms with Crippen LogP contribution in [-0.4, -0.2) is 48.3 Å². The third-order valence-corrected chi connectivity index (χ3v) is 10.8. The molecule has 0 aromatic heterocycles. The summed E-state index contributed by atoms with van der Waals surface area (Å²) in [6.07, 6.45) is 13.0. The molecule has 0 radical (unpaired) electrons. The van der Waals surface area contributed by atoms with E-state index in [0.29, 0.717) is 11.8 Å². The van der Waals surface area contributed by atoms with Gasteiger partial charge in [-0.05, 0) is 118 Å². The number of ether oxygens (including phenoxy) is 1. The highest BCUT2D eigenvalue weighted by Crippen LogP contribution is 2.64. The van der Waals surface area contributed by atoms with Crippen molar-refractivity contribution in [1.29, 1.82) is 0 Å². The van der Waals surface area contributed by atoms with Crippen molar-refractivity contribution in [1.82, 2.24) is 4.90 Å². The van der Waals surface area contributed by atoms with Crippen molar-refractivity contribution in [3.8, 4) is 0 Å². The second-order valence-electron chi connectivity index (χ2n) is 12.6. The standard InChI is InChI=1S/C27H45NO3/c1-26(30)12-8-20-19(16-26)4-5-22-21(20)9-13-27(2)23(22)6-7-24(27)25(29)28(3)17-18-10-14-31-15-11-18/h18-24,30H,4-17H2,1-3H3/t19-,20+,21-,22-,23+,24-,26-,27+/m1/s1. The van der Waals surface area contributed by atoms with Crippen molar-refractivity contribution in [3.05, 3.63) is 0 Å². The molecule has 4 saturated carbocycles. The minimum atomic E-state index is -0.433. The number of carbonyl (C=O) groups excluding carboxylic acids is 1. The Balaban J connectivity index is 1.26. The van der Waals surface area contributed by atoms with Crippen molar-refractivity contribution < 1.29 is 14.6 Å². The lowest BCUT2D eigenvalue weighted by Crippen LogP contribution is -2.52. The molecule has 0 unspecified atom stereocenters. The zero-order chi connectivity index (χ0) is 21.8. The van der Waals surface area contributed by atoms with Crippen LogP contribution in [0.2, 0.25) is 0 Å². The summed E-state index contributed by atoms with van der Waals surface area (Å²) in [4.78, 5) is 15.7. The lowest BCUT2D eigenvalue weighted by atomic mass is 9.49. The predicted octanol–water partition coefficient (Wildman–Crippen LogP) is 4.89. The van der Waals surface area contributed by atoms with Gasteiger partial charge in [0.25, 0.3) is 0 Å². The summed E-state index contributed by atoms with van der Waals surface area (Å²) in [5.41, 5.74) is -0.230. The largest absolute Gasteiger partial charge is 0.390 e. The molecule has 1 N–H and O–H groups in total. The van der Waals surface area contributed by atoms with Gasteiger partial charge in [0.15, 0.2) is 0 Å². The van der Waals surface area contributed by atoms with Crippen molar-refractivity contribution in [3.63, 3.8) is 0 Å². The minimum absolute atomic E-state index is 0.204. The van der Waals surface area contributed by atoms with Crippen molar-refractivity contribution in [2.24, 2.45) is 46.8 Å². The summed E-state index contributed by atoms with van der Waals surface area (Å²) in [7, 11) is 2.05. The van der Waals surface area contributed by atoms with Gasteiger partial charge < -0.3 is 14.7 Å². The SMILES string of the molecule is CN(CC1CCOCC1)C(=O)[C@H]1CC[C@H]2[C@@H]3CC[C@@H]4C[C@](C)(O)CC[C@@H]4[C@H]3CC[C@]12C. The van der Waals surface area contributed by atoms with Gasteiger partial charge in [0.05, 0.1) is 5.60 Å². The highest BCUT2D eigenvalue weighted by Gasteiger charge is 2.59. The van der Waals surface area contributed by atoms with E-state index in [0.717, 1.165) is 81.5 Å². The van der Waals surface area contributed by atoms with E-state index >= 15 is 0 Å². The molecular formula is C27H45NO3. The van der Waals surface area contributed by atoms with Crippen LogP contribution in [-0.2, 0) is 9.53 Å². The number of fused-ring (bicyclic) bond motifs is 5. The van der Waals surface area contributed by atoms with Crippen molar-refractivity contribution >= 4 is 5.91 Å². The third-order valence-electron chi connectivity index (χ3n) is 10.8. The van der Waals surface area contributed by atoms with Crippen LogP contribution in [0.15, 0.2) is 0 Å². The first-order valence-corrected chi connectivity index (χ1v) is 13.3. The number of amides is 1. The molecule has 1 aliphatic heterocycles. The van der Waals surface area contributed by atoms with Crippen LogP contribution in [0.5, 0.6) is 0 Å². The summed E-state index contributed by atoms with van der Waals surface area (Å²) in [6, 6.07) is 0. The number of hydrogen-bond acceptors (Lipinski definition) is 3. The van der Waals surface area contributed by atoms with Crippen LogP contribution < -0.4 is 0 Å². The lowest BCUT2D eigenvalue weighted by Gasteiger charge is -2.57. The Morgan fingerprint density at radius 1 is 0.935 bits per heavy atom. The molecule has 1 amide bonds. The summed E-state index contributed by atoms with van der Waals surface area (Å²) in [6.45, 7) is 7.16. The Kier molecular flexibility index (Phi) is 5.95. The second-order valence-corrected chi connectivity index (χ2v) is 12.6. The molecule has 5 rings (SSSR count). The quantitative estimate of drug-likeness (QED) is 0.692. The number of carbonyl (C=O) groups is 1. The van der Waals surface area contributed by atoms with E-state index in [2.05, 4.69) is 25.8 Å². The van der Waals surface area contributed by atoms with Gasteiger partial charge in [-0.2, -0.15) is 0 Å². The first-order valence-electron chi connectivity index (χ1n) is 13.3. The van der Waals surface area contributed by atoms with Gasteiger partial charge in [0.2, 0.25) is 5.91 Å². The molecule has 0 bridgehead atoms. The van der Waals surface area contributed by atoms with E-state index in [9.17, 15) is 9.90 Å². The van der Waals surface area contributed by atoms with Gasteiger partial charge in [-0.1, -0.05) is 6.92 Å². The molecule has 0 aromatic carbocycles. The monoisotopic (exact) mass is 431 g/mol. The van der Waals surface area contributed by atoms with Crippen molar-refractivity contribution in [2.75, 3.05) is 26.8 Å². The maximum Gasteiger partial charge on any atom is 0.225 e. The molecule has 31 heavy (non-hydrogen) atoms. The van der Waals surface area contributed by atoms with Gasteiger partial charge >= 0.3 is 0 Å². The maximum absolute atomic E-state index is 13.6. The molecule has 0 spiro atoms. The van der Waals surface area contributed by atoms with Crippen LogP contribution in [0, 0.1) is 46.8 Å². The molecule has 5 fully saturated rings. The van der Waals surface area contributed by atoms with E-state index in [1.807, 2.05) is 0 Å². The molecule has 1 saturated heterocycles. The third kappa shape index (κ3) is 3.98. The Bertz CT molecular complexity index is 671. The lowest BCUT2D eigenvalue weighted by molar-refractivity contribution is -0.144. The number of nitrogens with zero attached hydrogens (tertiary/aromatic N) is 1.